The minimum atomic E-state index is 0.293. The molecule has 2 atom stereocenters. The standard InChI is InChI=1S/C10H20N2OS/c1-3-9(7-14-2)12-6-8(5-11)4-10(12)13/h8-9H,3-7,11H2,1-2H3. The van der Waals surface area contributed by atoms with Gasteiger partial charge in [0.05, 0.1) is 0 Å². The Morgan fingerprint density at radius 1 is 1.71 bits per heavy atom. The third-order valence-corrected chi connectivity index (χ3v) is 3.56. The summed E-state index contributed by atoms with van der Waals surface area (Å²) in [5, 5.41) is 0. The molecule has 0 aromatic carbocycles. The van der Waals surface area contributed by atoms with Gasteiger partial charge in [0.15, 0.2) is 0 Å². The normalized spacial score (nSPS) is 24.4. The summed E-state index contributed by atoms with van der Waals surface area (Å²) in [4.78, 5) is 13.7. The van der Waals surface area contributed by atoms with Crippen LogP contribution < -0.4 is 5.73 Å². The molecule has 0 radical (unpaired) electrons. The van der Waals surface area contributed by atoms with E-state index in [0.717, 1.165) is 18.7 Å². The van der Waals surface area contributed by atoms with Crippen LogP contribution in [0.4, 0.5) is 0 Å². The second-order valence-corrected chi connectivity index (χ2v) is 4.78. The Kier molecular flexibility index (Phi) is 4.75. The predicted octanol–water partition coefficient (Wildman–Crippen LogP) is 0.935. The van der Waals surface area contributed by atoms with Gasteiger partial charge in [-0.25, -0.2) is 0 Å². The molecule has 1 fully saturated rings. The number of amides is 1. The van der Waals surface area contributed by atoms with Crippen molar-refractivity contribution in [2.45, 2.75) is 25.8 Å². The van der Waals surface area contributed by atoms with Gasteiger partial charge in [-0.2, -0.15) is 11.8 Å². The summed E-state index contributed by atoms with van der Waals surface area (Å²) in [6.07, 6.45) is 3.79. The fraction of sp³-hybridized carbons (Fsp3) is 0.900. The van der Waals surface area contributed by atoms with Gasteiger partial charge in [0.1, 0.15) is 0 Å². The Balaban J connectivity index is 2.53. The molecule has 1 aliphatic rings. The fourth-order valence-electron chi connectivity index (χ4n) is 1.94. The van der Waals surface area contributed by atoms with Crippen LogP contribution in [-0.2, 0) is 4.79 Å². The van der Waals surface area contributed by atoms with Gasteiger partial charge in [-0.3, -0.25) is 4.79 Å². The molecule has 1 heterocycles. The van der Waals surface area contributed by atoms with Crippen LogP contribution in [-0.4, -0.2) is 41.9 Å². The van der Waals surface area contributed by atoms with Crippen molar-refractivity contribution in [2.24, 2.45) is 11.7 Å². The van der Waals surface area contributed by atoms with Gasteiger partial charge < -0.3 is 10.6 Å². The van der Waals surface area contributed by atoms with Crippen molar-refractivity contribution < 1.29 is 4.79 Å². The highest BCUT2D eigenvalue weighted by molar-refractivity contribution is 7.98. The van der Waals surface area contributed by atoms with Crippen molar-refractivity contribution in [3.63, 3.8) is 0 Å². The van der Waals surface area contributed by atoms with Crippen LogP contribution in [0, 0.1) is 5.92 Å². The lowest BCUT2D eigenvalue weighted by Crippen LogP contribution is -2.38. The van der Waals surface area contributed by atoms with Crippen molar-refractivity contribution >= 4 is 17.7 Å². The van der Waals surface area contributed by atoms with Crippen molar-refractivity contribution in [2.75, 3.05) is 25.1 Å². The third kappa shape index (κ3) is 2.64. The van der Waals surface area contributed by atoms with E-state index in [-0.39, 0.29) is 0 Å². The summed E-state index contributed by atoms with van der Waals surface area (Å²) in [6, 6.07) is 0.411. The largest absolute Gasteiger partial charge is 0.339 e. The average molecular weight is 216 g/mol. The van der Waals surface area contributed by atoms with Gasteiger partial charge >= 0.3 is 0 Å². The number of rotatable bonds is 5. The number of likely N-dealkylation sites (tertiary alicyclic amines) is 1. The molecular formula is C10H20N2OS. The Bertz CT molecular complexity index is 199. The van der Waals surface area contributed by atoms with Crippen LogP contribution in [0.5, 0.6) is 0 Å². The molecule has 0 aromatic heterocycles. The zero-order valence-electron chi connectivity index (χ0n) is 9.03. The highest BCUT2D eigenvalue weighted by Crippen LogP contribution is 2.22. The summed E-state index contributed by atoms with van der Waals surface area (Å²) in [6.45, 7) is 3.65. The van der Waals surface area contributed by atoms with E-state index in [0.29, 0.717) is 30.8 Å². The highest BCUT2D eigenvalue weighted by atomic mass is 32.2. The molecule has 2 N–H and O–H groups in total. The van der Waals surface area contributed by atoms with Crippen LogP contribution in [0.25, 0.3) is 0 Å². The fourth-order valence-corrected chi connectivity index (χ4v) is 2.74. The summed E-state index contributed by atoms with van der Waals surface area (Å²) < 4.78 is 0. The van der Waals surface area contributed by atoms with Crippen LogP contribution in [0.1, 0.15) is 19.8 Å². The van der Waals surface area contributed by atoms with E-state index >= 15 is 0 Å². The van der Waals surface area contributed by atoms with Gasteiger partial charge in [0.25, 0.3) is 0 Å². The number of nitrogens with two attached hydrogens (primary N) is 1. The Morgan fingerprint density at radius 2 is 2.43 bits per heavy atom. The molecule has 1 saturated heterocycles. The second kappa shape index (κ2) is 5.61. The highest BCUT2D eigenvalue weighted by Gasteiger charge is 2.32. The lowest BCUT2D eigenvalue weighted by Gasteiger charge is -2.26. The molecule has 0 bridgehead atoms. The van der Waals surface area contributed by atoms with E-state index in [1.165, 1.54) is 0 Å². The zero-order chi connectivity index (χ0) is 10.6. The molecule has 1 amide bonds. The smallest absolute Gasteiger partial charge is 0.223 e. The van der Waals surface area contributed by atoms with E-state index < -0.39 is 0 Å². The lowest BCUT2D eigenvalue weighted by atomic mass is 10.1. The van der Waals surface area contributed by atoms with E-state index in [9.17, 15) is 4.79 Å². The van der Waals surface area contributed by atoms with Crippen LogP contribution in [0.2, 0.25) is 0 Å². The SMILES string of the molecule is CCC(CSC)N1CC(CN)CC1=O. The first-order valence-corrected chi connectivity index (χ1v) is 6.60. The van der Waals surface area contributed by atoms with E-state index in [1.807, 2.05) is 4.90 Å². The number of hydrogen-bond acceptors (Lipinski definition) is 3. The molecule has 0 aliphatic carbocycles. The van der Waals surface area contributed by atoms with E-state index in [4.69, 9.17) is 5.73 Å². The molecule has 2 unspecified atom stereocenters. The predicted molar refractivity (Wildman–Crippen MR) is 61.3 cm³/mol. The summed E-state index contributed by atoms with van der Waals surface area (Å²) in [5.41, 5.74) is 5.59. The lowest BCUT2D eigenvalue weighted by molar-refractivity contribution is -0.129. The third-order valence-electron chi connectivity index (χ3n) is 2.84. The van der Waals surface area contributed by atoms with E-state index in [1.54, 1.807) is 11.8 Å². The number of thioether (sulfide) groups is 1. The maximum Gasteiger partial charge on any atom is 0.223 e. The molecule has 1 aliphatic heterocycles. The zero-order valence-corrected chi connectivity index (χ0v) is 9.85. The van der Waals surface area contributed by atoms with Gasteiger partial charge in [0.2, 0.25) is 5.91 Å². The maximum atomic E-state index is 11.7. The Hall–Kier alpha value is -0.220. The minimum absolute atomic E-state index is 0.293. The molecule has 0 aromatic rings. The first-order chi connectivity index (χ1) is 6.72. The minimum Gasteiger partial charge on any atom is -0.339 e. The topological polar surface area (TPSA) is 46.3 Å². The first-order valence-electron chi connectivity index (χ1n) is 5.21. The van der Waals surface area contributed by atoms with Crippen LogP contribution in [0.3, 0.4) is 0 Å². The molecule has 0 spiro atoms. The number of nitrogens with zero attached hydrogens (tertiary/aromatic N) is 1. The van der Waals surface area contributed by atoms with Crippen molar-refractivity contribution in [1.29, 1.82) is 0 Å². The summed E-state index contributed by atoms with van der Waals surface area (Å²) in [7, 11) is 0. The number of carbonyl (C=O) groups is 1. The monoisotopic (exact) mass is 216 g/mol. The van der Waals surface area contributed by atoms with Crippen molar-refractivity contribution in [3.05, 3.63) is 0 Å². The molecule has 14 heavy (non-hydrogen) atoms. The summed E-state index contributed by atoms with van der Waals surface area (Å²) in [5.74, 6) is 1.72. The van der Waals surface area contributed by atoms with Crippen molar-refractivity contribution in [3.8, 4) is 0 Å². The number of carbonyl (C=O) groups excluding carboxylic acids is 1. The molecule has 4 heteroatoms. The summed E-state index contributed by atoms with van der Waals surface area (Å²) >= 11 is 1.81. The molecule has 3 nitrogen and oxygen atoms in total. The molecule has 82 valence electrons. The molecule has 1 rings (SSSR count). The van der Waals surface area contributed by atoms with E-state index in [2.05, 4.69) is 13.2 Å². The quantitative estimate of drug-likeness (QED) is 0.744. The first kappa shape index (κ1) is 11.9. The number of hydrogen-bond donors (Lipinski definition) is 1. The maximum absolute atomic E-state index is 11.7. The molecular weight excluding hydrogens is 196 g/mol. The van der Waals surface area contributed by atoms with Crippen LogP contribution in [0.15, 0.2) is 0 Å². The van der Waals surface area contributed by atoms with Gasteiger partial charge in [-0.05, 0) is 25.1 Å². The van der Waals surface area contributed by atoms with Crippen LogP contribution >= 0.6 is 11.8 Å². The molecule has 0 saturated carbocycles. The second-order valence-electron chi connectivity index (χ2n) is 3.87. The van der Waals surface area contributed by atoms with Gasteiger partial charge in [-0.15, -0.1) is 0 Å². The Morgan fingerprint density at radius 3 is 2.86 bits per heavy atom. The Labute approximate surface area is 90.4 Å². The van der Waals surface area contributed by atoms with Gasteiger partial charge in [-0.1, -0.05) is 6.92 Å². The average Bonchev–Trinajstić information content (AvgIpc) is 2.56. The van der Waals surface area contributed by atoms with Crippen molar-refractivity contribution in [1.82, 2.24) is 4.90 Å². The van der Waals surface area contributed by atoms with Gasteiger partial charge in [0, 0.05) is 24.8 Å².